The van der Waals surface area contributed by atoms with E-state index < -0.39 is 32.9 Å². The lowest BCUT2D eigenvalue weighted by Gasteiger charge is -2.01. The Balaban J connectivity index is 2.28. The topological polar surface area (TPSA) is 148 Å². The number of nitrogens with one attached hydrogen (secondary N) is 1. The van der Waals surface area contributed by atoms with E-state index in [-0.39, 0.29) is 5.56 Å². The Morgan fingerprint density at radius 1 is 1.30 bits per heavy atom. The van der Waals surface area contributed by atoms with E-state index in [1.165, 1.54) is 11.3 Å². The van der Waals surface area contributed by atoms with Crippen molar-refractivity contribution < 1.29 is 19.7 Å². The number of amides is 1. The van der Waals surface area contributed by atoms with E-state index in [1.54, 1.807) is 17.5 Å². The Morgan fingerprint density at radius 2 is 2.04 bits per heavy atom. The Hall–Kier alpha value is -3.34. The molecule has 0 atom stereocenters. The van der Waals surface area contributed by atoms with Gasteiger partial charge in [0.25, 0.3) is 11.6 Å². The predicted octanol–water partition coefficient (Wildman–Crippen LogP) is 2.03. The molecule has 2 N–H and O–H groups in total. The number of non-ortho nitro benzene ring substituents is 1. The highest BCUT2D eigenvalue weighted by Crippen LogP contribution is 2.33. The summed E-state index contributed by atoms with van der Waals surface area (Å²) in [7, 11) is 0. The van der Waals surface area contributed by atoms with Gasteiger partial charge in [-0.25, -0.2) is 5.43 Å². The molecule has 23 heavy (non-hydrogen) atoms. The van der Waals surface area contributed by atoms with Crippen LogP contribution in [-0.2, 0) is 0 Å². The van der Waals surface area contributed by atoms with Crippen molar-refractivity contribution >= 4 is 34.8 Å². The fourth-order valence-corrected chi connectivity index (χ4v) is 2.21. The summed E-state index contributed by atoms with van der Waals surface area (Å²) in [6, 6.07) is 4.77. The summed E-state index contributed by atoms with van der Waals surface area (Å²) >= 11 is 1.18. The average Bonchev–Trinajstić information content (AvgIpc) is 3.02. The molecule has 0 fully saturated rings. The first-order valence-corrected chi connectivity index (χ1v) is 6.81. The SMILES string of the molecule is O=C(N/N=C\c1cc([N+](=O)[O-])cc([N+](=O)[O-])c1O)c1cccs1. The molecular weight excluding hydrogens is 328 g/mol. The maximum atomic E-state index is 11.6. The number of hydrogen-bond donors (Lipinski definition) is 2. The number of phenols is 1. The number of thiophene rings is 1. The van der Waals surface area contributed by atoms with E-state index in [2.05, 4.69) is 10.5 Å². The lowest BCUT2D eigenvalue weighted by molar-refractivity contribution is -0.394. The van der Waals surface area contributed by atoms with Crippen LogP contribution in [0.2, 0.25) is 0 Å². The van der Waals surface area contributed by atoms with Crippen LogP contribution in [0.1, 0.15) is 15.2 Å². The van der Waals surface area contributed by atoms with Crippen molar-refractivity contribution in [2.75, 3.05) is 0 Å². The van der Waals surface area contributed by atoms with Crippen LogP contribution in [0.15, 0.2) is 34.7 Å². The first kappa shape index (κ1) is 16.0. The highest BCUT2D eigenvalue weighted by Gasteiger charge is 2.23. The van der Waals surface area contributed by atoms with Crippen LogP contribution in [0.4, 0.5) is 11.4 Å². The number of carbonyl (C=O) groups excluding carboxylic acids is 1. The van der Waals surface area contributed by atoms with Crippen molar-refractivity contribution in [2.45, 2.75) is 0 Å². The first-order chi connectivity index (χ1) is 10.9. The van der Waals surface area contributed by atoms with Gasteiger partial charge in [-0.3, -0.25) is 25.0 Å². The van der Waals surface area contributed by atoms with Crippen LogP contribution in [-0.4, -0.2) is 27.1 Å². The minimum atomic E-state index is -0.954. The van der Waals surface area contributed by atoms with Crippen molar-refractivity contribution in [3.8, 4) is 5.75 Å². The average molecular weight is 336 g/mol. The van der Waals surface area contributed by atoms with Gasteiger partial charge in [0, 0.05) is 6.07 Å². The van der Waals surface area contributed by atoms with E-state index in [0.29, 0.717) is 10.9 Å². The van der Waals surface area contributed by atoms with Crippen molar-refractivity contribution in [1.29, 1.82) is 0 Å². The summed E-state index contributed by atoms with van der Waals surface area (Å²) < 4.78 is 0. The molecule has 0 unspecified atom stereocenters. The van der Waals surface area contributed by atoms with Crippen LogP contribution in [0.5, 0.6) is 5.75 Å². The zero-order valence-electron chi connectivity index (χ0n) is 11.2. The minimum Gasteiger partial charge on any atom is -0.502 e. The maximum Gasteiger partial charge on any atom is 0.318 e. The van der Waals surface area contributed by atoms with Crippen molar-refractivity contribution in [3.63, 3.8) is 0 Å². The van der Waals surface area contributed by atoms with Crippen LogP contribution < -0.4 is 5.43 Å². The van der Waals surface area contributed by atoms with E-state index in [9.17, 15) is 30.1 Å². The smallest absolute Gasteiger partial charge is 0.318 e. The molecule has 0 aliphatic rings. The van der Waals surface area contributed by atoms with Gasteiger partial charge < -0.3 is 5.11 Å². The number of nitro benzene ring substituents is 2. The predicted molar refractivity (Wildman–Crippen MR) is 80.8 cm³/mol. The van der Waals surface area contributed by atoms with Gasteiger partial charge in [-0.2, -0.15) is 5.10 Å². The Bertz CT molecular complexity index is 802. The Morgan fingerprint density at radius 3 is 2.61 bits per heavy atom. The van der Waals surface area contributed by atoms with E-state index in [0.717, 1.165) is 12.3 Å². The molecular formula is C12H8N4O6S. The summed E-state index contributed by atoms with van der Waals surface area (Å²) in [5, 5.41) is 36.5. The van der Waals surface area contributed by atoms with Gasteiger partial charge in [-0.1, -0.05) is 6.07 Å². The fraction of sp³-hybridized carbons (Fsp3) is 0. The number of nitro groups is 2. The van der Waals surface area contributed by atoms with Crippen LogP contribution >= 0.6 is 11.3 Å². The minimum absolute atomic E-state index is 0.266. The van der Waals surface area contributed by atoms with Gasteiger partial charge >= 0.3 is 5.69 Å². The van der Waals surface area contributed by atoms with Crippen LogP contribution in [0, 0.1) is 20.2 Å². The summed E-state index contributed by atoms with van der Waals surface area (Å²) in [6.07, 6.45) is 0.890. The number of hydrogen-bond acceptors (Lipinski definition) is 8. The highest BCUT2D eigenvalue weighted by molar-refractivity contribution is 7.12. The molecule has 1 heterocycles. The van der Waals surface area contributed by atoms with Gasteiger partial charge in [0.15, 0.2) is 0 Å². The van der Waals surface area contributed by atoms with Gasteiger partial charge in [0.2, 0.25) is 5.75 Å². The molecule has 0 radical (unpaired) electrons. The van der Waals surface area contributed by atoms with Gasteiger partial charge in [-0.15, -0.1) is 11.3 Å². The largest absolute Gasteiger partial charge is 0.502 e. The third-order valence-electron chi connectivity index (χ3n) is 2.63. The molecule has 0 bridgehead atoms. The molecule has 2 rings (SSSR count). The third kappa shape index (κ3) is 3.65. The van der Waals surface area contributed by atoms with Crippen LogP contribution in [0.3, 0.4) is 0 Å². The summed E-state index contributed by atoms with van der Waals surface area (Å²) in [6.45, 7) is 0. The second-order valence-electron chi connectivity index (χ2n) is 4.09. The molecule has 0 aliphatic heterocycles. The fourth-order valence-electron chi connectivity index (χ4n) is 1.59. The second kappa shape index (κ2) is 6.62. The number of rotatable bonds is 5. The molecule has 10 nitrogen and oxygen atoms in total. The number of benzene rings is 1. The molecule has 0 saturated heterocycles. The first-order valence-electron chi connectivity index (χ1n) is 5.93. The molecule has 0 spiro atoms. The maximum absolute atomic E-state index is 11.6. The van der Waals surface area contributed by atoms with Gasteiger partial charge in [-0.05, 0) is 11.4 Å². The molecule has 1 aromatic heterocycles. The number of hydrazone groups is 1. The quantitative estimate of drug-likeness (QED) is 0.485. The summed E-state index contributed by atoms with van der Waals surface area (Å²) in [5.41, 5.74) is 0.471. The Kier molecular flexibility index (Phi) is 4.61. The van der Waals surface area contributed by atoms with Gasteiger partial charge in [0.1, 0.15) is 0 Å². The van der Waals surface area contributed by atoms with Gasteiger partial charge in [0.05, 0.1) is 32.6 Å². The molecule has 11 heteroatoms. The standard InChI is InChI=1S/C12H8N4O6S/c17-11-7(4-8(15(19)20)5-9(11)16(21)22)6-13-14-12(18)10-2-1-3-23-10/h1-6,17H,(H,14,18)/b13-6-. The van der Waals surface area contributed by atoms with E-state index in [1.807, 2.05) is 0 Å². The van der Waals surface area contributed by atoms with Crippen molar-refractivity contribution in [2.24, 2.45) is 5.10 Å². The summed E-state index contributed by atoms with van der Waals surface area (Å²) in [5.74, 6) is -1.30. The second-order valence-corrected chi connectivity index (χ2v) is 5.04. The molecule has 1 amide bonds. The van der Waals surface area contributed by atoms with Crippen LogP contribution in [0.25, 0.3) is 0 Å². The van der Waals surface area contributed by atoms with Crippen molar-refractivity contribution in [3.05, 3.63) is 60.3 Å². The highest BCUT2D eigenvalue weighted by atomic mass is 32.1. The molecule has 1 aromatic carbocycles. The third-order valence-corrected chi connectivity index (χ3v) is 3.49. The number of phenolic OH excluding ortho intramolecular Hbond substituents is 1. The normalized spacial score (nSPS) is 10.6. The molecule has 118 valence electrons. The number of carbonyl (C=O) groups is 1. The summed E-state index contributed by atoms with van der Waals surface area (Å²) in [4.78, 5) is 31.8. The zero-order valence-corrected chi connectivity index (χ0v) is 12.0. The number of aromatic hydroxyl groups is 1. The van der Waals surface area contributed by atoms with Crippen molar-refractivity contribution in [1.82, 2.24) is 5.43 Å². The Labute approximate surface area is 132 Å². The lowest BCUT2D eigenvalue weighted by atomic mass is 10.1. The zero-order chi connectivity index (χ0) is 17.0. The monoisotopic (exact) mass is 336 g/mol. The molecule has 0 saturated carbocycles. The van der Waals surface area contributed by atoms with E-state index >= 15 is 0 Å². The lowest BCUT2D eigenvalue weighted by Crippen LogP contribution is -2.16. The van der Waals surface area contributed by atoms with E-state index in [4.69, 9.17) is 0 Å². The molecule has 2 aromatic rings. The number of nitrogens with zero attached hydrogens (tertiary/aromatic N) is 3. The molecule has 0 aliphatic carbocycles.